The van der Waals surface area contributed by atoms with Gasteiger partial charge in [-0.15, -0.1) is 0 Å². The highest BCUT2D eigenvalue weighted by Crippen LogP contribution is 2.25. The number of aryl methyl sites for hydroxylation is 3. The van der Waals surface area contributed by atoms with E-state index in [0.717, 1.165) is 22.4 Å². The summed E-state index contributed by atoms with van der Waals surface area (Å²) in [6.07, 6.45) is 0.638. The van der Waals surface area contributed by atoms with Gasteiger partial charge in [-0.1, -0.05) is 17.7 Å². The standard InChI is InChI=1S/C13H17NO3/c1-9-6-10(2)13(11(3)7-9)14(8-15)5-4-12(16)17/h6-8H,4-5H2,1-3H3,(H,16,17). The number of hydrogen-bond donors (Lipinski definition) is 1. The summed E-state index contributed by atoms with van der Waals surface area (Å²) in [6.45, 7) is 6.04. The van der Waals surface area contributed by atoms with Gasteiger partial charge in [0, 0.05) is 12.2 Å². The summed E-state index contributed by atoms with van der Waals surface area (Å²) >= 11 is 0. The maximum absolute atomic E-state index is 11.0. The number of nitrogens with zero attached hydrogens (tertiary/aromatic N) is 1. The molecule has 1 N–H and O–H groups in total. The van der Waals surface area contributed by atoms with Crippen LogP contribution in [0.4, 0.5) is 5.69 Å². The van der Waals surface area contributed by atoms with Gasteiger partial charge < -0.3 is 10.0 Å². The fraction of sp³-hybridized carbons (Fsp3) is 0.385. The van der Waals surface area contributed by atoms with Crippen molar-refractivity contribution in [3.8, 4) is 0 Å². The van der Waals surface area contributed by atoms with Crippen LogP contribution >= 0.6 is 0 Å². The fourth-order valence-electron chi connectivity index (χ4n) is 2.06. The predicted molar refractivity (Wildman–Crippen MR) is 66.3 cm³/mol. The van der Waals surface area contributed by atoms with Crippen molar-refractivity contribution in [3.63, 3.8) is 0 Å². The molecule has 0 bridgehead atoms. The van der Waals surface area contributed by atoms with Gasteiger partial charge >= 0.3 is 5.97 Å². The Labute approximate surface area is 101 Å². The molecule has 0 fully saturated rings. The van der Waals surface area contributed by atoms with Crippen LogP contribution in [-0.4, -0.2) is 24.0 Å². The van der Waals surface area contributed by atoms with Crippen molar-refractivity contribution in [2.45, 2.75) is 27.2 Å². The number of anilines is 1. The van der Waals surface area contributed by atoms with Crippen LogP contribution in [-0.2, 0) is 9.59 Å². The first kappa shape index (κ1) is 13.2. The molecule has 4 nitrogen and oxygen atoms in total. The number of aliphatic carboxylic acids is 1. The first-order valence-electron chi connectivity index (χ1n) is 5.47. The van der Waals surface area contributed by atoms with E-state index in [1.54, 1.807) is 0 Å². The highest BCUT2D eigenvalue weighted by atomic mass is 16.4. The van der Waals surface area contributed by atoms with Gasteiger partial charge in [0.15, 0.2) is 0 Å². The van der Waals surface area contributed by atoms with Crippen LogP contribution in [0.15, 0.2) is 12.1 Å². The number of rotatable bonds is 5. The van der Waals surface area contributed by atoms with Crippen molar-refractivity contribution in [1.29, 1.82) is 0 Å². The molecule has 17 heavy (non-hydrogen) atoms. The van der Waals surface area contributed by atoms with E-state index in [1.807, 2.05) is 32.9 Å². The normalized spacial score (nSPS) is 10.1. The molecule has 0 aliphatic heterocycles. The van der Waals surface area contributed by atoms with Crippen LogP contribution in [0.5, 0.6) is 0 Å². The third-order valence-corrected chi connectivity index (χ3v) is 2.62. The monoisotopic (exact) mass is 235 g/mol. The summed E-state index contributed by atoms with van der Waals surface area (Å²) in [4.78, 5) is 23.0. The minimum atomic E-state index is -0.903. The third kappa shape index (κ3) is 3.31. The molecule has 92 valence electrons. The molecular weight excluding hydrogens is 218 g/mol. The highest BCUT2D eigenvalue weighted by molar-refractivity contribution is 5.80. The zero-order valence-electron chi connectivity index (χ0n) is 10.4. The van der Waals surface area contributed by atoms with Crippen molar-refractivity contribution >= 4 is 18.1 Å². The maximum atomic E-state index is 11.0. The second kappa shape index (κ2) is 5.48. The molecule has 0 unspecified atom stereocenters. The maximum Gasteiger partial charge on any atom is 0.305 e. The van der Waals surface area contributed by atoms with Gasteiger partial charge in [0.2, 0.25) is 6.41 Å². The van der Waals surface area contributed by atoms with Gasteiger partial charge in [-0.25, -0.2) is 0 Å². The Bertz CT molecular complexity index is 417. The van der Waals surface area contributed by atoms with Gasteiger partial charge in [0.25, 0.3) is 0 Å². The minimum Gasteiger partial charge on any atom is -0.481 e. The largest absolute Gasteiger partial charge is 0.481 e. The van der Waals surface area contributed by atoms with E-state index in [-0.39, 0.29) is 13.0 Å². The number of carbonyl (C=O) groups excluding carboxylic acids is 1. The molecule has 0 spiro atoms. The summed E-state index contributed by atoms with van der Waals surface area (Å²) < 4.78 is 0. The van der Waals surface area contributed by atoms with Gasteiger partial charge in [-0.05, 0) is 31.9 Å². The van der Waals surface area contributed by atoms with Gasteiger partial charge in [-0.3, -0.25) is 9.59 Å². The van der Waals surface area contributed by atoms with E-state index in [9.17, 15) is 9.59 Å². The lowest BCUT2D eigenvalue weighted by Crippen LogP contribution is -2.26. The van der Waals surface area contributed by atoms with Crippen LogP contribution in [0.1, 0.15) is 23.1 Å². The Kier molecular flexibility index (Phi) is 4.26. The zero-order chi connectivity index (χ0) is 13.0. The molecule has 1 aromatic rings. The molecule has 0 aliphatic carbocycles. The van der Waals surface area contributed by atoms with Crippen molar-refractivity contribution in [3.05, 3.63) is 28.8 Å². The smallest absolute Gasteiger partial charge is 0.305 e. The first-order valence-corrected chi connectivity index (χ1v) is 5.47. The lowest BCUT2D eigenvalue weighted by atomic mass is 10.0. The topological polar surface area (TPSA) is 57.6 Å². The number of benzene rings is 1. The number of carboxylic acids is 1. The van der Waals surface area contributed by atoms with E-state index in [0.29, 0.717) is 6.41 Å². The van der Waals surface area contributed by atoms with E-state index in [4.69, 9.17) is 5.11 Å². The average Bonchev–Trinajstić information content (AvgIpc) is 2.21. The summed E-state index contributed by atoms with van der Waals surface area (Å²) in [5.74, 6) is -0.903. The molecule has 0 heterocycles. The van der Waals surface area contributed by atoms with Crippen LogP contribution in [0, 0.1) is 20.8 Å². The molecule has 0 radical (unpaired) electrons. The van der Waals surface area contributed by atoms with E-state index in [2.05, 4.69) is 0 Å². The molecule has 0 atom stereocenters. The zero-order valence-corrected chi connectivity index (χ0v) is 10.4. The van der Waals surface area contributed by atoms with Crippen LogP contribution < -0.4 is 4.90 Å². The van der Waals surface area contributed by atoms with E-state index in [1.165, 1.54) is 4.90 Å². The number of amides is 1. The Morgan fingerprint density at radius 3 is 2.24 bits per heavy atom. The van der Waals surface area contributed by atoms with Crippen molar-refractivity contribution in [2.75, 3.05) is 11.4 Å². The third-order valence-electron chi connectivity index (χ3n) is 2.62. The molecule has 1 aromatic carbocycles. The number of hydrogen-bond acceptors (Lipinski definition) is 2. The van der Waals surface area contributed by atoms with Crippen molar-refractivity contribution in [1.82, 2.24) is 0 Å². The quantitative estimate of drug-likeness (QED) is 0.795. The van der Waals surface area contributed by atoms with Gasteiger partial charge in [-0.2, -0.15) is 0 Å². The van der Waals surface area contributed by atoms with Crippen LogP contribution in [0.3, 0.4) is 0 Å². The molecule has 1 amide bonds. The van der Waals surface area contributed by atoms with E-state index >= 15 is 0 Å². The van der Waals surface area contributed by atoms with Crippen LogP contribution in [0.2, 0.25) is 0 Å². The lowest BCUT2D eigenvalue weighted by molar-refractivity contribution is -0.136. The number of carbonyl (C=O) groups is 2. The Morgan fingerprint density at radius 1 is 1.29 bits per heavy atom. The van der Waals surface area contributed by atoms with Crippen molar-refractivity contribution < 1.29 is 14.7 Å². The summed E-state index contributed by atoms with van der Waals surface area (Å²) in [5, 5.41) is 8.64. The fourth-order valence-corrected chi connectivity index (χ4v) is 2.06. The van der Waals surface area contributed by atoms with E-state index < -0.39 is 5.97 Å². The summed E-state index contributed by atoms with van der Waals surface area (Å²) in [5.41, 5.74) is 3.92. The lowest BCUT2D eigenvalue weighted by Gasteiger charge is -2.21. The second-order valence-corrected chi connectivity index (χ2v) is 4.19. The summed E-state index contributed by atoms with van der Waals surface area (Å²) in [6, 6.07) is 3.97. The Hall–Kier alpha value is -1.84. The molecular formula is C13H17NO3. The highest BCUT2D eigenvalue weighted by Gasteiger charge is 2.13. The Morgan fingerprint density at radius 2 is 1.82 bits per heavy atom. The predicted octanol–water partition coefficient (Wildman–Crippen LogP) is 2.05. The second-order valence-electron chi connectivity index (χ2n) is 4.19. The molecule has 0 saturated heterocycles. The SMILES string of the molecule is Cc1cc(C)c(N(C=O)CCC(=O)O)c(C)c1. The molecule has 0 aliphatic rings. The summed E-state index contributed by atoms with van der Waals surface area (Å²) in [7, 11) is 0. The minimum absolute atomic E-state index is 0.0501. The van der Waals surface area contributed by atoms with Gasteiger partial charge in [0.05, 0.1) is 6.42 Å². The molecule has 0 aromatic heterocycles. The molecule has 0 saturated carbocycles. The van der Waals surface area contributed by atoms with Gasteiger partial charge in [0.1, 0.15) is 0 Å². The molecule has 4 heteroatoms. The van der Waals surface area contributed by atoms with Crippen LogP contribution in [0.25, 0.3) is 0 Å². The molecule has 1 rings (SSSR count). The Balaban J connectivity index is 3.03. The average molecular weight is 235 g/mol. The first-order chi connectivity index (χ1) is 7.95. The van der Waals surface area contributed by atoms with Crippen molar-refractivity contribution in [2.24, 2.45) is 0 Å². The number of carboxylic acid groups (broad SMARTS) is 1.